The van der Waals surface area contributed by atoms with Crippen LogP contribution in [-0.2, 0) is 4.57 Å². The van der Waals surface area contributed by atoms with Crippen LogP contribution < -0.4 is 0 Å². The maximum absolute atomic E-state index is 12.1. The van der Waals surface area contributed by atoms with Crippen molar-refractivity contribution in [2.75, 3.05) is 20.3 Å². The van der Waals surface area contributed by atoms with Gasteiger partial charge in [0.05, 0.1) is 5.25 Å². The van der Waals surface area contributed by atoms with Crippen molar-refractivity contribution in [1.29, 1.82) is 0 Å². The van der Waals surface area contributed by atoms with Gasteiger partial charge in [-0.25, -0.2) is 0 Å². The SMILES string of the molecule is C#CC1CCCP(=O)(N(C)C)S1. The molecule has 0 radical (unpaired) electrons. The number of hydrogen-bond donors (Lipinski definition) is 0. The number of nitrogens with zero attached hydrogens (tertiary/aromatic N) is 1. The fourth-order valence-corrected chi connectivity index (χ4v) is 6.16. The van der Waals surface area contributed by atoms with Crippen LogP contribution in [0.1, 0.15) is 12.8 Å². The zero-order valence-corrected chi connectivity index (χ0v) is 9.20. The Morgan fingerprint density at radius 2 is 2.33 bits per heavy atom. The van der Waals surface area contributed by atoms with Crippen molar-refractivity contribution in [2.24, 2.45) is 0 Å². The van der Waals surface area contributed by atoms with E-state index < -0.39 is 6.49 Å². The molecule has 0 bridgehead atoms. The lowest BCUT2D eigenvalue weighted by Gasteiger charge is -2.30. The fourth-order valence-electron chi connectivity index (χ4n) is 1.19. The van der Waals surface area contributed by atoms with Gasteiger partial charge in [0.25, 0.3) is 0 Å². The second-order valence-corrected chi connectivity index (χ2v) is 8.76. The highest BCUT2D eigenvalue weighted by molar-refractivity contribution is 8.57. The first kappa shape index (κ1) is 10.2. The van der Waals surface area contributed by atoms with E-state index in [1.165, 1.54) is 11.4 Å². The summed E-state index contributed by atoms with van der Waals surface area (Å²) in [6.45, 7) is -2.15. The van der Waals surface area contributed by atoms with Crippen molar-refractivity contribution < 1.29 is 4.57 Å². The molecule has 1 aliphatic rings. The van der Waals surface area contributed by atoms with Crippen LogP contribution in [0.4, 0.5) is 0 Å². The first-order chi connectivity index (χ1) is 5.58. The number of rotatable bonds is 1. The summed E-state index contributed by atoms with van der Waals surface area (Å²) in [4.78, 5) is 0. The Morgan fingerprint density at radius 3 is 2.83 bits per heavy atom. The van der Waals surface area contributed by atoms with Crippen molar-refractivity contribution in [3.8, 4) is 12.3 Å². The Labute approximate surface area is 78.3 Å². The van der Waals surface area contributed by atoms with E-state index in [4.69, 9.17) is 6.42 Å². The van der Waals surface area contributed by atoms with Crippen molar-refractivity contribution in [1.82, 2.24) is 4.67 Å². The monoisotopic (exact) mass is 203 g/mol. The van der Waals surface area contributed by atoms with Crippen LogP contribution in [-0.4, -0.2) is 30.2 Å². The summed E-state index contributed by atoms with van der Waals surface area (Å²) in [5, 5.41) is 0.159. The molecule has 0 aromatic rings. The molecule has 1 saturated heterocycles. The second kappa shape index (κ2) is 3.87. The Balaban J connectivity index is 2.69. The van der Waals surface area contributed by atoms with E-state index >= 15 is 0 Å². The molecule has 1 heterocycles. The molecule has 0 aliphatic carbocycles. The molecule has 2 nitrogen and oxygen atoms in total. The highest BCUT2D eigenvalue weighted by Gasteiger charge is 2.32. The molecule has 4 heteroatoms. The van der Waals surface area contributed by atoms with Crippen LogP contribution in [0.15, 0.2) is 0 Å². The maximum atomic E-state index is 12.1. The molecule has 0 amide bonds. The van der Waals surface area contributed by atoms with Crippen molar-refractivity contribution in [3.63, 3.8) is 0 Å². The molecule has 12 heavy (non-hydrogen) atoms. The van der Waals surface area contributed by atoms with Crippen LogP contribution in [0.25, 0.3) is 0 Å². The minimum atomic E-state index is -2.15. The van der Waals surface area contributed by atoms with Gasteiger partial charge in [-0.3, -0.25) is 9.24 Å². The molecular weight excluding hydrogens is 189 g/mol. The maximum Gasteiger partial charge on any atom is 0.204 e. The van der Waals surface area contributed by atoms with Gasteiger partial charge >= 0.3 is 0 Å². The van der Waals surface area contributed by atoms with Crippen LogP contribution in [0.3, 0.4) is 0 Å². The molecule has 2 unspecified atom stereocenters. The standard InChI is InChI=1S/C8H14NOPS/c1-4-8-6-5-7-11(10,12-8)9(2)3/h1,8H,5-7H2,2-3H3. The van der Waals surface area contributed by atoms with Gasteiger partial charge in [-0.2, -0.15) is 0 Å². The Morgan fingerprint density at radius 1 is 1.67 bits per heavy atom. The summed E-state index contributed by atoms with van der Waals surface area (Å²) in [5.74, 6) is 2.68. The molecule has 0 aromatic carbocycles. The molecule has 1 aliphatic heterocycles. The third-order valence-corrected chi connectivity index (χ3v) is 8.33. The molecule has 0 spiro atoms. The molecule has 0 N–H and O–H groups in total. The first-order valence-electron chi connectivity index (χ1n) is 4.00. The molecule has 2 atom stereocenters. The topological polar surface area (TPSA) is 20.3 Å². The predicted octanol–water partition coefficient (Wildman–Crippen LogP) is 2.27. The molecule has 0 saturated carbocycles. The van der Waals surface area contributed by atoms with E-state index in [0.717, 1.165) is 19.0 Å². The Hall–Kier alpha value is 0.100. The van der Waals surface area contributed by atoms with Gasteiger partial charge in [0, 0.05) is 6.16 Å². The van der Waals surface area contributed by atoms with Gasteiger partial charge in [-0.05, 0) is 26.9 Å². The van der Waals surface area contributed by atoms with Gasteiger partial charge in [0.1, 0.15) is 0 Å². The third kappa shape index (κ3) is 2.07. The van der Waals surface area contributed by atoms with Crippen molar-refractivity contribution >= 4 is 17.9 Å². The van der Waals surface area contributed by atoms with E-state index in [-0.39, 0.29) is 5.25 Å². The van der Waals surface area contributed by atoms with Crippen molar-refractivity contribution in [3.05, 3.63) is 0 Å². The lowest BCUT2D eigenvalue weighted by molar-refractivity contribution is 0.525. The minimum absolute atomic E-state index is 0.159. The van der Waals surface area contributed by atoms with E-state index in [0.29, 0.717) is 0 Å². The summed E-state index contributed by atoms with van der Waals surface area (Å²) >= 11 is 1.49. The Kier molecular flexibility index (Phi) is 3.29. The second-order valence-electron chi connectivity index (χ2n) is 3.11. The van der Waals surface area contributed by atoms with Crippen molar-refractivity contribution in [2.45, 2.75) is 18.1 Å². The summed E-state index contributed by atoms with van der Waals surface area (Å²) in [5.41, 5.74) is 0. The summed E-state index contributed by atoms with van der Waals surface area (Å²) in [6.07, 6.45) is 8.13. The number of terminal acetylenes is 1. The first-order valence-corrected chi connectivity index (χ1v) is 7.33. The third-order valence-electron chi connectivity index (χ3n) is 1.99. The Bertz CT molecular complexity index is 246. The zero-order valence-electron chi connectivity index (χ0n) is 7.49. The van der Waals surface area contributed by atoms with E-state index in [9.17, 15) is 4.57 Å². The van der Waals surface area contributed by atoms with Gasteiger partial charge in [0.2, 0.25) is 6.49 Å². The van der Waals surface area contributed by atoms with Gasteiger partial charge in [-0.1, -0.05) is 17.3 Å². The predicted molar refractivity (Wildman–Crippen MR) is 55.6 cm³/mol. The van der Waals surface area contributed by atoms with E-state index in [2.05, 4.69) is 5.92 Å². The summed E-state index contributed by atoms with van der Waals surface area (Å²) < 4.78 is 13.9. The van der Waals surface area contributed by atoms with Gasteiger partial charge < -0.3 is 0 Å². The molecule has 1 fully saturated rings. The lowest BCUT2D eigenvalue weighted by Crippen LogP contribution is -2.16. The van der Waals surface area contributed by atoms with Crippen LogP contribution >= 0.6 is 17.9 Å². The lowest BCUT2D eigenvalue weighted by atomic mass is 10.2. The van der Waals surface area contributed by atoms with Crippen LogP contribution in [0.2, 0.25) is 0 Å². The minimum Gasteiger partial charge on any atom is -0.295 e. The highest BCUT2D eigenvalue weighted by Crippen LogP contribution is 2.65. The van der Waals surface area contributed by atoms with Gasteiger partial charge in [-0.15, -0.1) is 6.42 Å². The zero-order chi connectivity index (χ0) is 9.19. The molecular formula is C8H14NOPS. The van der Waals surface area contributed by atoms with Gasteiger partial charge in [0.15, 0.2) is 0 Å². The average Bonchev–Trinajstić information content (AvgIpc) is 2.04. The summed E-state index contributed by atoms with van der Waals surface area (Å²) in [6, 6.07) is 0. The molecule has 0 aromatic heterocycles. The van der Waals surface area contributed by atoms with Crippen LogP contribution in [0.5, 0.6) is 0 Å². The van der Waals surface area contributed by atoms with E-state index in [1.54, 1.807) is 0 Å². The summed E-state index contributed by atoms with van der Waals surface area (Å²) in [7, 11) is 3.74. The largest absolute Gasteiger partial charge is 0.295 e. The molecule has 68 valence electrons. The average molecular weight is 203 g/mol. The fraction of sp³-hybridized carbons (Fsp3) is 0.750. The quantitative estimate of drug-likeness (QED) is 0.481. The highest BCUT2D eigenvalue weighted by atomic mass is 32.7. The van der Waals surface area contributed by atoms with Crippen LogP contribution in [0, 0.1) is 12.3 Å². The smallest absolute Gasteiger partial charge is 0.204 e. The number of hydrogen-bond acceptors (Lipinski definition) is 2. The normalized spacial score (nSPS) is 36.3. The van der Waals surface area contributed by atoms with E-state index in [1.807, 2.05) is 18.8 Å². The molecule has 1 rings (SSSR count).